The van der Waals surface area contributed by atoms with E-state index in [1.807, 2.05) is 13.0 Å². The van der Waals surface area contributed by atoms with Crippen molar-refractivity contribution in [2.24, 2.45) is 0 Å². The number of nitrogens with one attached hydrogen (secondary N) is 1. The zero-order chi connectivity index (χ0) is 28.0. The van der Waals surface area contributed by atoms with Crippen LogP contribution in [0.5, 0.6) is 0 Å². The molecule has 0 spiro atoms. The number of pyridine rings is 1. The van der Waals surface area contributed by atoms with E-state index >= 15 is 0 Å². The van der Waals surface area contributed by atoms with Gasteiger partial charge in [0.15, 0.2) is 0 Å². The number of hydrogen-bond donors (Lipinski definition) is 1. The molecule has 6 rings (SSSR count). The van der Waals surface area contributed by atoms with Gasteiger partial charge in [0.05, 0.1) is 24.2 Å². The number of thioether (sulfide) groups is 1. The number of H-pyrrole nitrogens is 1. The fourth-order valence-electron chi connectivity index (χ4n) is 5.14. The Balaban J connectivity index is 0.00000337. The van der Waals surface area contributed by atoms with Crippen LogP contribution in [0.25, 0.3) is 10.9 Å². The van der Waals surface area contributed by atoms with Gasteiger partial charge in [0, 0.05) is 84.8 Å². The topological polar surface area (TPSA) is 130 Å². The highest BCUT2D eigenvalue weighted by molar-refractivity contribution is 8.16. The zero-order valence-corrected chi connectivity index (χ0v) is 26.6. The van der Waals surface area contributed by atoms with E-state index in [9.17, 15) is 18.0 Å². The maximum Gasteiger partial charge on any atom is 0.381 e. The maximum atomic E-state index is 13.7. The average molecular weight is 730 g/mol. The minimum atomic E-state index is -3.94. The van der Waals surface area contributed by atoms with Crippen LogP contribution in [0, 0.1) is 6.92 Å². The van der Waals surface area contributed by atoms with Gasteiger partial charge in [-0.2, -0.15) is 4.31 Å². The van der Waals surface area contributed by atoms with Gasteiger partial charge in [-0.1, -0.05) is 11.6 Å². The van der Waals surface area contributed by atoms with Gasteiger partial charge in [-0.3, -0.25) is 14.6 Å². The molecule has 217 valence electrons. The first-order valence-corrected chi connectivity index (χ1v) is 15.5. The molecule has 1 atom stereocenters. The van der Waals surface area contributed by atoms with Crippen LogP contribution in [0.2, 0.25) is 5.02 Å². The molecule has 1 N–H and O–H groups in total. The number of rotatable bonds is 5. The molecule has 5 heterocycles. The van der Waals surface area contributed by atoms with Crippen molar-refractivity contribution in [1.29, 1.82) is 0 Å². The Morgan fingerprint density at radius 2 is 1.95 bits per heavy atom. The third-order valence-electron chi connectivity index (χ3n) is 7.25. The molecule has 3 aliphatic heterocycles. The minimum absolute atomic E-state index is 0. The van der Waals surface area contributed by atoms with Crippen molar-refractivity contribution in [2.45, 2.75) is 29.3 Å². The van der Waals surface area contributed by atoms with Crippen molar-refractivity contribution in [1.82, 2.24) is 29.1 Å². The number of nitrogens with zero attached hydrogens (tertiary/aromatic N) is 5. The molecule has 2 fully saturated rings. The SMILES string of the molecule is Cc1cc2c(cn1)SC(C(=O)N1CCN(S(=O)(=O)c3cc4cc(Cl)ccc4[nH]3)CC1CC(=O)N1CCOCC1)=[N+]2.[I-]. The number of piperazine rings is 1. The first-order chi connectivity index (χ1) is 19.2. The molecular weight excluding hydrogens is 703 g/mol. The second-order valence-electron chi connectivity index (χ2n) is 9.89. The lowest BCUT2D eigenvalue weighted by atomic mass is 10.1. The summed E-state index contributed by atoms with van der Waals surface area (Å²) < 4.78 is 34.1. The van der Waals surface area contributed by atoms with Gasteiger partial charge in [-0.25, -0.2) is 8.42 Å². The molecule has 11 nitrogen and oxygen atoms in total. The van der Waals surface area contributed by atoms with E-state index in [0.29, 0.717) is 47.9 Å². The van der Waals surface area contributed by atoms with Crippen LogP contribution in [0.1, 0.15) is 12.1 Å². The molecule has 1 unspecified atom stereocenters. The number of aromatic amines is 1. The molecule has 0 bridgehead atoms. The van der Waals surface area contributed by atoms with Crippen molar-refractivity contribution in [3.63, 3.8) is 0 Å². The summed E-state index contributed by atoms with van der Waals surface area (Å²) in [6.45, 7) is 3.86. The van der Waals surface area contributed by atoms with Crippen LogP contribution in [-0.2, 0) is 24.3 Å². The van der Waals surface area contributed by atoms with Crippen molar-refractivity contribution in [2.75, 3.05) is 45.9 Å². The first-order valence-electron chi connectivity index (χ1n) is 12.9. The van der Waals surface area contributed by atoms with Gasteiger partial charge < -0.3 is 43.5 Å². The highest BCUT2D eigenvalue weighted by Crippen LogP contribution is 2.34. The van der Waals surface area contributed by atoms with Gasteiger partial charge in [-0.15, -0.1) is 0 Å². The highest BCUT2D eigenvalue weighted by Gasteiger charge is 2.44. The van der Waals surface area contributed by atoms with Crippen LogP contribution < -0.4 is 29.0 Å². The number of aliphatic imine (C=N–C) groups is 1. The summed E-state index contributed by atoms with van der Waals surface area (Å²) in [7, 11) is -3.94. The molecule has 3 aliphatic rings. The lowest BCUT2D eigenvalue weighted by molar-refractivity contribution is -0.138. The number of fused-ring (bicyclic) bond motifs is 2. The predicted molar refractivity (Wildman–Crippen MR) is 151 cm³/mol. The molecule has 0 saturated carbocycles. The Bertz CT molecular complexity index is 1640. The van der Waals surface area contributed by atoms with Crippen LogP contribution in [-0.4, -0.2) is 101 Å². The number of benzene rings is 1. The third kappa shape index (κ3) is 6.13. The van der Waals surface area contributed by atoms with E-state index in [1.165, 1.54) is 16.1 Å². The number of sulfonamides is 1. The minimum Gasteiger partial charge on any atom is -1.00 e. The Hall–Kier alpha value is -2.24. The predicted octanol–water partition coefficient (Wildman–Crippen LogP) is -0.849. The number of carbonyl (C=O) groups is 2. The van der Waals surface area contributed by atoms with E-state index in [-0.39, 0.29) is 71.9 Å². The molecule has 1 radical (unpaired) electrons. The summed E-state index contributed by atoms with van der Waals surface area (Å²) in [6.07, 6.45) is 1.68. The molecule has 3 aromatic rings. The van der Waals surface area contributed by atoms with E-state index < -0.39 is 16.1 Å². The van der Waals surface area contributed by atoms with Gasteiger partial charge in [0.25, 0.3) is 15.7 Å². The number of halogens is 2. The molecule has 41 heavy (non-hydrogen) atoms. The molecule has 2 aromatic heterocycles. The fourth-order valence-corrected chi connectivity index (χ4v) is 7.67. The Morgan fingerprint density at radius 1 is 1.17 bits per heavy atom. The summed E-state index contributed by atoms with van der Waals surface area (Å²) in [5, 5.41) is 1.51. The highest BCUT2D eigenvalue weighted by atomic mass is 127. The summed E-state index contributed by atoms with van der Waals surface area (Å²) in [5.41, 5.74) is 2.13. The van der Waals surface area contributed by atoms with E-state index in [0.717, 1.165) is 10.6 Å². The lowest BCUT2D eigenvalue weighted by Crippen LogP contribution is -3.00. The second-order valence-corrected chi connectivity index (χ2v) is 13.3. The molecule has 0 aliphatic carbocycles. The number of hydrogen-bond acceptors (Lipinski definition) is 8. The van der Waals surface area contributed by atoms with Gasteiger partial charge in [0.1, 0.15) is 9.92 Å². The maximum absolute atomic E-state index is 13.7. The number of carbonyl (C=O) groups excluding carboxylic acids is 2. The quantitative estimate of drug-likeness (QED) is 0.339. The molecule has 2 saturated heterocycles. The number of aromatic nitrogens is 2. The van der Waals surface area contributed by atoms with Gasteiger partial charge in [-0.05, 0) is 31.2 Å². The van der Waals surface area contributed by atoms with Crippen molar-refractivity contribution in [3.8, 4) is 0 Å². The van der Waals surface area contributed by atoms with Crippen molar-refractivity contribution in [3.05, 3.63) is 47.2 Å². The van der Waals surface area contributed by atoms with Gasteiger partial charge in [0.2, 0.25) is 5.91 Å². The van der Waals surface area contributed by atoms with Gasteiger partial charge >= 0.3 is 11.0 Å². The monoisotopic (exact) mass is 729 g/mol. The normalized spacial score (nSPS) is 19.6. The molecular formula is C26H27ClIN6O5S2. The number of ether oxygens (including phenoxy) is 1. The lowest BCUT2D eigenvalue weighted by Gasteiger charge is -2.40. The first kappa shape index (κ1) is 30.2. The molecule has 2 amide bonds. The Morgan fingerprint density at radius 3 is 2.73 bits per heavy atom. The smallest absolute Gasteiger partial charge is 0.381 e. The summed E-state index contributed by atoms with van der Waals surface area (Å²) in [4.78, 5) is 42.8. The average Bonchev–Trinajstić information content (AvgIpc) is 3.57. The van der Waals surface area contributed by atoms with E-state index in [2.05, 4.69) is 15.0 Å². The Labute approximate surface area is 263 Å². The van der Waals surface area contributed by atoms with E-state index in [4.69, 9.17) is 16.3 Å². The third-order valence-corrected chi connectivity index (χ3v) is 10.3. The van der Waals surface area contributed by atoms with E-state index in [1.54, 1.807) is 40.3 Å². The van der Waals surface area contributed by atoms with Crippen LogP contribution in [0.4, 0.5) is 5.69 Å². The van der Waals surface area contributed by atoms with Crippen LogP contribution in [0.3, 0.4) is 0 Å². The fraction of sp³-hybridized carbons (Fsp3) is 0.385. The second kappa shape index (κ2) is 12.2. The summed E-state index contributed by atoms with van der Waals surface area (Å²) in [6, 6.07) is 7.82. The summed E-state index contributed by atoms with van der Waals surface area (Å²) >= 11 is 7.33. The van der Waals surface area contributed by atoms with Crippen molar-refractivity contribution < 1.29 is 46.7 Å². The molecule has 1 aromatic carbocycles. The summed E-state index contributed by atoms with van der Waals surface area (Å²) in [5.74, 6) is -0.467. The number of aryl methyl sites for hydroxylation is 1. The van der Waals surface area contributed by atoms with Crippen LogP contribution >= 0.6 is 23.4 Å². The number of amides is 2. The standard InChI is InChI=1S/C26H27ClN6O5S2.HI/c1-16-10-21-22(14-28-16)39-25(30-21)26(35)33-5-4-32(15-19(33)13-24(34)31-6-8-38-9-7-31)40(36,37)23-12-17-11-18(27)2-3-20(17)29-23;/h2-3,10-12,14,19,29H,4-9,13,15H2,1H3;1H/q+1;/p-1. The molecule has 15 heteroatoms. The largest absolute Gasteiger partial charge is 1.00 e. The van der Waals surface area contributed by atoms with Crippen molar-refractivity contribution >= 4 is 66.8 Å². The zero-order valence-electron chi connectivity index (χ0n) is 22.0. The number of morpholine rings is 1. The Kier molecular flexibility index (Phi) is 8.97. The van der Waals surface area contributed by atoms with Crippen LogP contribution in [0.15, 0.2) is 46.5 Å².